The van der Waals surface area contributed by atoms with E-state index in [0.29, 0.717) is 11.3 Å². The van der Waals surface area contributed by atoms with Gasteiger partial charge in [0.25, 0.3) is 0 Å². The number of halogens is 1. The number of hydrogen-bond acceptors (Lipinski definition) is 1. The molecular formula is C16H14FNO. The van der Waals surface area contributed by atoms with Gasteiger partial charge in [0.15, 0.2) is 0 Å². The van der Waals surface area contributed by atoms with Crippen LogP contribution >= 0.6 is 0 Å². The van der Waals surface area contributed by atoms with E-state index in [0.717, 1.165) is 5.56 Å². The van der Waals surface area contributed by atoms with Crippen molar-refractivity contribution in [2.75, 3.05) is 5.32 Å². The Morgan fingerprint density at radius 1 is 1.16 bits per heavy atom. The number of anilines is 1. The third-order valence-electron chi connectivity index (χ3n) is 2.67. The van der Waals surface area contributed by atoms with Crippen molar-refractivity contribution in [3.05, 3.63) is 71.6 Å². The van der Waals surface area contributed by atoms with Gasteiger partial charge in [-0.3, -0.25) is 4.79 Å². The van der Waals surface area contributed by atoms with Crippen LogP contribution in [-0.4, -0.2) is 5.91 Å². The molecular weight excluding hydrogens is 241 g/mol. The van der Waals surface area contributed by atoms with Crippen molar-refractivity contribution in [2.24, 2.45) is 0 Å². The van der Waals surface area contributed by atoms with Gasteiger partial charge in [-0.25, -0.2) is 4.39 Å². The summed E-state index contributed by atoms with van der Waals surface area (Å²) in [5, 5.41) is 2.61. The fourth-order valence-electron chi connectivity index (χ4n) is 1.59. The molecule has 0 aromatic heterocycles. The Bertz CT molecular complexity index is 605. The van der Waals surface area contributed by atoms with E-state index in [1.54, 1.807) is 25.1 Å². The summed E-state index contributed by atoms with van der Waals surface area (Å²) in [5.74, 6) is -0.614. The fraction of sp³-hybridized carbons (Fsp3) is 0.0625. The first-order valence-electron chi connectivity index (χ1n) is 5.95. The zero-order valence-corrected chi connectivity index (χ0v) is 10.6. The number of carbonyl (C=O) groups is 1. The van der Waals surface area contributed by atoms with Crippen molar-refractivity contribution < 1.29 is 9.18 Å². The van der Waals surface area contributed by atoms with Gasteiger partial charge < -0.3 is 5.32 Å². The first-order valence-corrected chi connectivity index (χ1v) is 5.95. The molecule has 1 amide bonds. The molecule has 96 valence electrons. The van der Waals surface area contributed by atoms with E-state index in [-0.39, 0.29) is 11.7 Å². The van der Waals surface area contributed by atoms with Crippen LogP contribution in [0.5, 0.6) is 0 Å². The molecule has 2 rings (SSSR count). The van der Waals surface area contributed by atoms with Crippen molar-refractivity contribution in [1.29, 1.82) is 0 Å². The lowest BCUT2D eigenvalue weighted by Gasteiger charge is -2.03. The molecule has 0 heterocycles. The van der Waals surface area contributed by atoms with Crippen LogP contribution in [-0.2, 0) is 4.79 Å². The average Bonchev–Trinajstić information content (AvgIpc) is 2.42. The predicted octanol–water partition coefficient (Wildman–Crippen LogP) is 3.79. The number of benzene rings is 2. The summed E-state index contributed by atoms with van der Waals surface area (Å²) in [6.45, 7) is 1.68. The van der Waals surface area contributed by atoms with Gasteiger partial charge in [-0.15, -0.1) is 0 Å². The van der Waals surface area contributed by atoms with Crippen molar-refractivity contribution >= 4 is 17.7 Å². The van der Waals surface area contributed by atoms with Gasteiger partial charge >= 0.3 is 0 Å². The maximum atomic E-state index is 13.3. The van der Waals surface area contributed by atoms with Crippen LogP contribution < -0.4 is 5.32 Å². The van der Waals surface area contributed by atoms with Crippen LogP contribution in [0.1, 0.15) is 11.1 Å². The second-order valence-electron chi connectivity index (χ2n) is 4.20. The topological polar surface area (TPSA) is 29.1 Å². The van der Waals surface area contributed by atoms with Crippen molar-refractivity contribution in [2.45, 2.75) is 6.92 Å². The summed E-state index contributed by atoms with van der Waals surface area (Å²) in [7, 11) is 0. The highest BCUT2D eigenvalue weighted by Crippen LogP contribution is 2.13. The molecule has 0 unspecified atom stereocenters. The van der Waals surface area contributed by atoms with Crippen LogP contribution in [0.2, 0.25) is 0 Å². The Morgan fingerprint density at radius 3 is 2.58 bits per heavy atom. The van der Waals surface area contributed by atoms with E-state index >= 15 is 0 Å². The van der Waals surface area contributed by atoms with Gasteiger partial charge in [0.1, 0.15) is 5.82 Å². The standard InChI is InChI=1S/C16H14FNO/c1-12-7-9-14(11-15(12)17)18-16(19)10-8-13-5-3-2-4-6-13/h2-11H,1H3,(H,18,19)/b10-8+. The summed E-state index contributed by atoms with van der Waals surface area (Å²) >= 11 is 0. The first kappa shape index (κ1) is 13.0. The lowest BCUT2D eigenvalue weighted by atomic mass is 10.2. The smallest absolute Gasteiger partial charge is 0.248 e. The predicted molar refractivity (Wildman–Crippen MR) is 75.2 cm³/mol. The third kappa shape index (κ3) is 3.78. The molecule has 0 fully saturated rings. The fourth-order valence-corrected chi connectivity index (χ4v) is 1.59. The Balaban J connectivity index is 2.01. The molecule has 0 radical (unpaired) electrons. The van der Waals surface area contributed by atoms with E-state index in [4.69, 9.17) is 0 Å². The minimum Gasteiger partial charge on any atom is -0.322 e. The number of carbonyl (C=O) groups excluding carboxylic acids is 1. The molecule has 1 N–H and O–H groups in total. The SMILES string of the molecule is Cc1ccc(NC(=O)/C=C/c2ccccc2)cc1F. The minimum absolute atomic E-state index is 0.285. The van der Waals surface area contributed by atoms with Crippen LogP contribution in [0, 0.1) is 12.7 Å². The summed E-state index contributed by atoms with van der Waals surface area (Å²) in [4.78, 5) is 11.7. The van der Waals surface area contributed by atoms with Gasteiger partial charge in [-0.05, 0) is 36.3 Å². The molecule has 0 aliphatic carbocycles. The van der Waals surface area contributed by atoms with Crippen molar-refractivity contribution in [1.82, 2.24) is 0 Å². The Labute approximate surface area is 111 Å². The number of hydrogen-bond donors (Lipinski definition) is 1. The maximum absolute atomic E-state index is 13.3. The number of amides is 1. The Hall–Kier alpha value is -2.42. The quantitative estimate of drug-likeness (QED) is 0.831. The molecule has 0 bridgehead atoms. The molecule has 2 aromatic rings. The third-order valence-corrected chi connectivity index (χ3v) is 2.67. The maximum Gasteiger partial charge on any atom is 0.248 e. The summed E-state index contributed by atoms with van der Waals surface area (Å²) in [5.41, 5.74) is 1.94. The summed E-state index contributed by atoms with van der Waals surface area (Å²) in [6.07, 6.45) is 3.13. The largest absolute Gasteiger partial charge is 0.322 e. The second kappa shape index (κ2) is 5.96. The Morgan fingerprint density at radius 2 is 1.89 bits per heavy atom. The molecule has 0 aliphatic heterocycles. The van der Waals surface area contributed by atoms with Crippen LogP contribution in [0.15, 0.2) is 54.6 Å². The number of aryl methyl sites for hydroxylation is 1. The first-order chi connectivity index (χ1) is 9.15. The molecule has 0 spiro atoms. The van der Waals surface area contributed by atoms with Crippen molar-refractivity contribution in [3.63, 3.8) is 0 Å². The lowest BCUT2D eigenvalue weighted by Crippen LogP contribution is -2.08. The van der Waals surface area contributed by atoms with Crippen molar-refractivity contribution in [3.8, 4) is 0 Å². The highest BCUT2D eigenvalue weighted by atomic mass is 19.1. The Kier molecular flexibility index (Phi) is 4.08. The highest BCUT2D eigenvalue weighted by Gasteiger charge is 2.01. The van der Waals surface area contributed by atoms with Gasteiger partial charge in [0.05, 0.1) is 0 Å². The van der Waals surface area contributed by atoms with Gasteiger partial charge in [-0.1, -0.05) is 36.4 Å². The molecule has 0 saturated heterocycles. The molecule has 0 atom stereocenters. The van der Waals surface area contributed by atoms with Gasteiger partial charge in [-0.2, -0.15) is 0 Å². The van der Waals surface area contributed by atoms with E-state index in [1.807, 2.05) is 30.3 Å². The number of rotatable bonds is 3. The van der Waals surface area contributed by atoms with Crippen LogP contribution in [0.25, 0.3) is 6.08 Å². The molecule has 2 nitrogen and oxygen atoms in total. The number of nitrogens with one attached hydrogen (secondary N) is 1. The molecule has 0 saturated carbocycles. The monoisotopic (exact) mass is 255 g/mol. The summed E-state index contributed by atoms with van der Waals surface area (Å²) < 4.78 is 13.3. The lowest BCUT2D eigenvalue weighted by molar-refractivity contribution is -0.111. The van der Waals surface area contributed by atoms with Crippen LogP contribution in [0.3, 0.4) is 0 Å². The molecule has 2 aromatic carbocycles. The van der Waals surface area contributed by atoms with E-state index < -0.39 is 0 Å². The van der Waals surface area contributed by atoms with E-state index in [9.17, 15) is 9.18 Å². The minimum atomic E-state index is -0.329. The van der Waals surface area contributed by atoms with E-state index in [2.05, 4.69) is 5.32 Å². The van der Waals surface area contributed by atoms with Gasteiger partial charge in [0.2, 0.25) is 5.91 Å². The zero-order valence-electron chi connectivity index (χ0n) is 10.6. The second-order valence-corrected chi connectivity index (χ2v) is 4.20. The molecule has 19 heavy (non-hydrogen) atoms. The van der Waals surface area contributed by atoms with Crippen LogP contribution in [0.4, 0.5) is 10.1 Å². The molecule has 0 aliphatic rings. The normalized spacial score (nSPS) is 10.6. The summed E-state index contributed by atoms with van der Waals surface area (Å²) in [6, 6.07) is 14.1. The average molecular weight is 255 g/mol. The zero-order chi connectivity index (χ0) is 13.7. The van der Waals surface area contributed by atoms with E-state index in [1.165, 1.54) is 12.1 Å². The van der Waals surface area contributed by atoms with Gasteiger partial charge in [0, 0.05) is 11.8 Å². The molecule has 3 heteroatoms. The highest BCUT2D eigenvalue weighted by molar-refractivity contribution is 6.01.